The summed E-state index contributed by atoms with van der Waals surface area (Å²) in [4.78, 5) is 25.8. The number of pyridine rings is 2. The van der Waals surface area contributed by atoms with Gasteiger partial charge in [-0.2, -0.15) is 0 Å². The zero-order valence-corrected chi connectivity index (χ0v) is 15.9. The molecule has 28 heavy (non-hydrogen) atoms. The van der Waals surface area contributed by atoms with Crippen molar-refractivity contribution in [1.29, 1.82) is 0 Å². The fraction of sp³-hybridized carbons (Fsp3) is 0.227. The topological polar surface area (TPSA) is 61.4 Å². The van der Waals surface area contributed by atoms with Gasteiger partial charge in [0.1, 0.15) is 11.6 Å². The van der Waals surface area contributed by atoms with Crippen molar-refractivity contribution < 1.29 is 4.79 Å². The number of benzene rings is 1. The van der Waals surface area contributed by atoms with E-state index in [0.29, 0.717) is 11.4 Å². The number of rotatable bonds is 4. The van der Waals surface area contributed by atoms with E-state index < -0.39 is 0 Å². The summed E-state index contributed by atoms with van der Waals surface area (Å²) < 4.78 is 0. The molecule has 1 aliphatic heterocycles. The van der Waals surface area contributed by atoms with Gasteiger partial charge < -0.3 is 15.1 Å². The molecule has 0 atom stereocenters. The number of piperazine rings is 1. The first-order valence-corrected chi connectivity index (χ1v) is 9.44. The zero-order valence-electron chi connectivity index (χ0n) is 15.9. The fourth-order valence-electron chi connectivity index (χ4n) is 3.36. The summed E-state index contributed by atoms with van der Waals surface area (Å²) in [7, 11) is 0. The molecule has 1 aromatic carbocycles. The average Bonchev–Trinajstić information content (AvgIpc) is 2.75. The Labute approximate surface area is 164 Å². The maximum atomic E-state index is 12.4. The molecule has 4 rings (SSSR count). The number of amides is 1. The number of nitrogens with zero attached hydrogens (tertiary/aromatic N) is 4. The molecule has 1 fully saturated rings. The lowest BCUT2D eigenvalue weighted by molar-refractivity contribution is 0.102. The van der Waals surface area contributed by atoms with Gasteiger partial charge in [-0.15, -0.1) is 0 Å². The minimum absolute atomic E-state index is 0.145. The van der Waals surface area contributed by atoms with E-state index in [4.69, 9.17) is 0 Å². The van der Waals surface area contributed by atoms with Crippen LogP contribution < -0.4 is 15.1 Å². The van der Waals surface area contributed by atoms with Crippen LogP contribution in [0, 0.1) is 6.92 Å². The predicted octanol–water partition coefficient (Wildman–Crippen LogP) is 3.36. The minimum Gasteiger partial charge on any atom is -0.367 e. The SMILES string of the molecule is Cc1cccc(C(=O)Nc2ccc(N3CCN(c4ccccn4)CC3)cn2)c1. The van der Waals surface area contributed by atoms with Gasteiger partial charge in [0.05, 0.1) is 11.9 Å². The van der Waals surface area contributed by atoms with Gasteiger partial charge >= 0.3 is 0 Å². The highest BCUT2D eigenvalue weighted by atomic mass is 16.1. The van der Waals surface area contributed by atoms with Crippen LogP contribution in [0.25, 0.3) is 0 Å². The maximum absolute atomic E-state index is 12.4. The number of carbonyl (C=O) groups excluding carboxylic acids is 1. The Bertz CT molecular complexity index is 935. The van der Waals surface area contributed by atoms with Crippen LogP contribution in [0.4, 0.5) is 17.3 Å². The number of carbonyl (C=O) groups is 1. The van der Waals surface area contributed by atoms with Crippen LogP contribution in [-0.4, -0.2) is 42.1 Å². The van der Waals surface area contributed by atoms with Crippen LogP contribution in [0.2, 0.25) is 0 Å². The summed E-state index contributed by atoms with van der Waals surface area (Å²) in [6, 6.07) is 17.4. The molecule has 0 aliphatic carbocycles. The fourth-order valence-corrected chi connectivity index (χ4v) is 3.36. The van der Waals surface area contributed by atoms with Gasteiger partial charge in [0, 0.05) is 37.9 Å². The van der Waals surface area contributed by atoms with Crippen molar-refractivity contribution in [2.75, 3.05) is 41.3 Å². The number of hydrogen-bond donors (Lipinski definition) is 1. The van der Waals surface area contributed by atoms with Gasteiger partial charge in [-0.3, -0.25) is 4.79 Å². The summed E-state index contributed by atoms with van der Waals surface area (Å²) >= 11 is 0. The smallest absolute Gasteiger partial charge is 0.256 e. The summed E-state index contributed by atoms with van der Waals surface area (Å²) in [5.41, 5.74) is 2.76. The van der Waals surface area contributed by atoms with E-state index in [1.54, 1.807) is 6.07 Å². The molecule has 0 saturated carbocycles. The molecule has 0 radical (unpaired) electrons. The van der Waals surface area contributed by atoms with Crippen LogP contribution in [0.1, 0.15) is 15.9 Å². The zero-order chi connectivity index (χ0) is 19.3. The minimum atomic E-state index is -0.145. The lowest BCUT2D eigenvalue weighted by Gasteiger charge is -2.36. The highest BCUT2D eigenvalue weighted by Crippen LogP contribution is 2.20. The molecule has 0 unspecified atom stereocenters. The molecule has 1 N–H and O–H groups in total. The number of aromatic nitrogens is 2. The molecule has 1 saturated heterocycles. The van der Waals surface area contributed by atoms with E-state index in [0.717, 1.165) is 43.2 Å². The maximum Gasteiger partial charge on any atom is 0.256 e. The Balaban J connectivity index is 1.35. The quantitative estimate of drug-likeness (QED) is 0.760. The lowest BCUT2D eigenvalue weighted by Crippen LogP contribution is -2.46. The molecular formula is C22H23N5O. The van der Waals surface area contributed by atoms with E-state index in [2.05, 4.69) is 25.1 Å². The van der Waals surface area contributed by atoms with Crippen LogP contribution in [0.15, 0.2) is 67.0 Å². The van der Waals surface area contributed by atoms with Crippen molar-refractivity contribution >= 4 is 23.2 Å². The lowest BCUT2D eigenvalue weighted by atomic mass is 10.1. The summed E-state index contributed by atoms with van der Waals surface area (Å²) in [6.45, 7) is 5.63. The highest BCUT2D eigenvalue weighted by molar-refractivity contribution is 6.03. The molecule has 6 nitrogen and oxygen atoms in total. The van der Waals surface area contributed by atoms with Crippen molar-refractivity contribution in [2.45, 2.75) is 6.92 Å². The van der Waals surface area contributed by atoms with Gasteiger partial charge in [-0.1, -0.05) is 23.8 Å². The van der Waals surface area contributed by atoms with Gasteiger partial charge in [-0.05, 0) is 43.3 Å². The first kappa shape index (κ1) is 18.0. The third-order valence-electron chi connectivity index (χ3n) is 4.89. The van der Waals surface area contributed by atoms with Crippen LogP contribution in [0.5, 0.6) is 0 Å². The Kier molecular flexibility index (Phi) is 5.19. The second-order valence-electron chi connectivity index (χ2n) is 6.89. The third-order valence-corrected chi connectivity index (χ3v) is 4.89. The van der Waals surface area contributed by atoms with E-state index in [1.165, 1.54) is 0 Å². The molecule has 1 aliphatic rings. The Morgan fingerprint density at radius 1 is 0.929 bits per heavy atom. The Morgan fingerprint density at radius 2 is 1.75 bits per heavy atom. The summed E-state index contributed by atoms with van der Waals surface area (Å²) in [6.07, 6.45) is 3.65. The number of anilines is 3. The van der Waals surface area contributed by atoms with E-state index in [1.807, 2.05) is 67.8 Å². The van der Waals surface area contributed by atoms with Crippen molar-refractivity contribution in [3.63, 3.8) is 0 Å². The Morgan fingerprint density at radius 3 is 2.43 bits per heavy atom. The average molecular weight is 373 g/mol. The highest BCUT2D eigenvalue weighted by Gasteiger charge is 2.18. The summed E-state index contributed by atoms with van der Waals surface area (Å²) in [5, 5.41) is 2.86. The molecule has 3 heterocycles. The number of hydrogen-bond acceptors (Lipinski definition) is 5. The third kappa shape index (κ3) is 4.11. The van der Waals surface area contributed by atoms with Crippen molar-refractivity contribution in [1.82, 2.24) is 9.97 Å². The van der Waals surface area contributed by atoms with Crippen molar-refractivity contribution in [2.24, 2.45) is 0 Å². The van der Waals surface area contributed by atoms with Gasteiger partial charge in [-0.25, -0.2) is 9.97 Å². The standard InChI is InChI=1S/C22H23N5O/c1-17-5-4-6-18(15-17)22(28)25-20-9-8-19(16-24-20)26-11-13-27(14-12-26)21-7-2-3-10-23-21/h2-10,15-16H,11-14H2,1H3,(H,24,25,28). The molecule has 0 spiro atoms. The molecule has 142 valence electrons. The van der Waals surface area contributed by atoms with E-state index in [-0.39, 0.29) is 5.91 Å². The molecule has 6 heteroatoms. The Hall–Kier alpha value is -3.41. The molecule has 3 aromatic rings. The molecule has 2 aromatic heterocycles. The monoisotopic (exact) mass is 373 g/mol. The van der Waals surface area contributed by atoms with E-state index >= 15 is 0 Å². The van der Waals surface area contributed by atoms with Gasteiger partial charge in [0.25, 0.3) is 5.91 Å². The van der Waals surface area contributed by atoms with Crippen molar-refractivity contribution in [3.05, 3.63) is 78.1 Å². The number of nitrogens with one attached hydrogen (secondary N) is 1. The van der Waals surface area contributed by atoms with Gasteiger partial charge in [0.2, 0.25) is 0 Å². The second-order valence-corrected chi connectivity index (χ2v) is 6.89. The normalized spacial score (nSPS) is 14.0. The van der Waals surface area contributed by atoms with Crippen LogP contribution >= 0.6 is 0 Å². The van der Waals surface area contributed by atoms with Gasteiger partial charge in [0.15, 0.2) is 0 Å². The van der Waals surface area contributed by atoms with E-state index in [9.17, 15) is 4.79 Å². The molecule has 0 bridgehead atoms. The second kappa shape index (κ2) is 8.08. The number of aryl methyl sites for hydroxylation is 1. The largest absolute Gasteiger partial charge is 0.367 e. The molecular weight excluding hydrogens is 350 g/mol. The van der Waals surface area contributed by atoms with Crippen molar-refractivity contribution in [3.8, 4) is 0 Å². The summed E-state index contributed by atoms with van der Waals surface area (Å²) in [5.74, 6) is 1.43. The molecule has 1 amide bonds. The first-order valence-electron chi connectivity index (χ1n) is 9.44. The van der Waals surface area contributed by atoms with Crippen LogP contribution in [-0.2, 0) is 0 Å². The predicted molar refractivity (Wildman–Crippen MR) is 112 cm³/mol. The van der Waals surface area contributed by atoms with Crippen LogP contribution in [0.3, 0.4) is 0 Å². The first-order chi connectivity index (χ1) is 13.7.